The maximum atomic E-state index is 11.8. The first-order chi connectivity index (χ1) is 7.16. The Hall–Kier alpha value is -1.43. The highest BCUT2D eigenvalue weighted by molar-refractivity contribution is 5.91. The molecule has 0 aromatic carbocycles. The standard InChI is InChI=1S/C9H14N4O2/c1-5-7(3-4-10-5)8(14)11-9-13-12-6(2)15-9/h5,7,10H,3-4H2,1-2H3,(H,11,13,14). The van der Waals surface area contributed by atoms with Gasteiger partial charge in [0.05, 0.1) is 5.92 Å². The van der Waals surface area contributed by atoms with E-state index in [2.05, 4.69) is 20.8 Å². The summed E-state index contributed by atoms with van der Waals surface area (Å²) in [6, 6.07) is 0.380. The van der Waals surface area contributed by atoms with Crippen LogP contribution in [-0.4, -0.2) is 28.7 Å². The van der Waals surface area contributed by atoms with Crippen molar-refractivity contribution in [3.8, 4) is 0 Å². The molecule has 2 rings (SSSR count). The Morgan fingerprint density at radius 3 is 2.93 bits per heavy atom. The minimum atomic E-state index is -0.0591. The maximum absolute atomic E-state index is 11.8. The van der Waals surface area contributed by atoms with Crippen LogP contribution in [0.4, 0.5) is 6.01 Å². The highest BCUT2D eigenvalue weighted by Crippen LogP contribution is 2.17. The van der Waals surface area contributed by atoms with E-state index >= 15 is 0 Å². The summed E-state index contributed by atoms with van der Waals surface area (Å²) in [4.78, 5) is 11.8. The second-order valence-corrected chi connectivity index (χ2v) is 3.75. The number of nitrogens with zero attached hydrogens (tertiary/aromatic N) is 2. The van der Waals surface area contributed by atoms with Gasteiger partial charge in [-0.05, 0) is 19.9 Å². The molecule has 1 aromatic heterocycles. The molecule has 2 atom stereocenters. The monoisotopic (exact) mass is 210 g/mol. The fourth-order valence-corrected chi connectivity index (χ4v) is 1.76. The van der Waals surface area contributed by atoms with Crippen LogP contribution in [0.2, 0.25) is 0 Å². The van der Waals surface area contributed by atoms with E-state index in [0.29, 0.717) is 5.89 Å². The average molecular weight is 210 g/mol. The normalized spacial score (nSPS) is 25.5. The van der Waals surface area contributed by atoms with Crippen LogP contribution in [0.15, 0.2) is 4.42 Å². The molecule has 2 unspecified atom stereocenters. The zero-order chi connectivity index (χ0) is 10.8. The summed E-state index contributed by atoms with van der Waals surface area (Å²) in [5.74, 6) is 0.372. The minimum absolute atomic E-state index is 0.0165. The highest BCUT2D eigenvalue weighted by Gasteiger charge is 2.30. The van der Waals surface area contributed by atoms with Gasteiger partial charge in [-0.3, -0.25) is 10.1 Å². The van der Waals surface area contributed by atoms with Crippen LogP contribution in [0.5, 0.6) is 0 Å². The summed E-state index contributed by atoms with van der Waals surface area (Å²) >= 11 is 0. The third-order valence-corrected chi connectivity index (χ3v) is 2.62. The molecular weight excluding hydrogens is 196 g/mol. The second kappa shape index (κ2) is 3.98. The van der Waals surface area contributed by atoms with Crippen LogP contribution in [0.1, 0.15) is 19.2 Å². The molecule has 0 spiro atoms. The molecule has 0 saturated carbocycles. The first kappa shape index (κ1) is 10.1. The number of aromatic nitrogens is 2. The van der Waals surface area contributed by atoms with Crippen molar-refractivity contribution < 1.29 is 9.21 Å². The SMILES string of the molecule is Cc1nnc(NC(=O)C2CCNC2C)o1. The molecule has 82 valence electrons. The molecule has 6 heteroatoms. The van der Waals surface area contributed by atoms with E-state index in [0.717, 1.165) is 13.0 Å². The molecule has 1 amide bonds. The Kier molecular flexibility index (Phi) is 2.68. The first-order valence-electron chi connectivity index (χ1n) is 5.01. The van der Waals surface area contributed by atoms with Crippen molar-refractivity contribution in [1.29, 1.82) is 0 Å². The number of hydrogen-bond acceptors (Lipinski definition) is 5. The van der Waals surface area contributed by atoms with Gasteiger partial charge in [-0.1, -0.05) is 5.10 Å². The first-order valence-corrected chi connectivity index (χ1v) is 5.01. The number of anilines is 1. The van der Waals surface area contributed by atoms with Gasteiger partial charge in [-0.15, -0.1) is 5.10 Å². The largest absolute Gasteiger partial charge is 0.408 e. The number of nitrogens with one attached hydrogen (secondary N) is 2. The molecular formula is C9H14N4O2. The molecule has 0 radical (unpaired) electrons. The van der Waals surface area contributed by atoms with Crippen LogP contribution in [-0.2, 0) is 4.79 Å². The van der Waals surface area contributed by atoms with Crippen molar-refractivity contribution in [3.05, 3.63) is 5.89 Å². The summed E-state index contributed by atoms with van der Waals surface area (Å²) in [5.41, 5.74) is 0. The summed E-state index contributed by atoms with van der Waals surface area (Å²) in [6.45, 7) is 4.56. The molecule has 0 aliphatic carbocycles. The van der Waals surface area contributed by atoms with Gasteiger partial charge in [-0.25, -0.2) is 0 Å². The van der Waals surface area contributed by atoms with E-state index in [1.54, 1.807) is 6.92 Å². The molecule has 2 heterocycles. The fraction of sp³-hybridized carbons (Fsp3) is 0.667. The van der Waals surface area contributed by atoms with Crippen molar-refractivity contribution in [1.82, 2.24) is 15.5 Å². The Labute approximate surface area is 87.4 Å². The van der Waals surface area contributed by atoms with Gasteiger partial charge in [-0.2, -0.15) is 0 Å². The van der Waals surface area contributed by atoms with Crippen molar-refractivity contribution >= 4 is 11.9 Å². The topological polar surface area (TPSA) is 80.0 Å². The van der Waals surface area contributed by atoms with Gasteiger partial charge in [0.2, 0.25) is 11.8 Å². The molecule has 1 saturated heterocycles. The average Bonchev–Trinajstić information content (AvgIpc) is 2.75. The summed E-state index contributed by atoms with van der Waals surface area (Å²) < 4.78 is 5.07. The lowest BCUT2D eigenvalue weighted by Gasteiger charge is -2.12. The zero-order valence-corrected chi connectivity index (χ0v) is 8.78. The summed E-state index contributed by atoms with van der Waals surface area (Å²) in [5, 5.41) is 13.2. The number of amides is 1. The summed E-state index contributed by atoms with van der Waals surface area (Å²) in [7, 11) is 0. The third kappa shape index (κ3) is 2.15. The molecule has 1 aliphatic heterocycles. The minimum Gasteiger partial charge on any atom is -0.408 e. The molecule has 1 aromatic rings. The van der Waals surface area contributed by atoms with Gasteiger partial charge < -0.3 is 9.73 Å². The number of aryl methyl sites for hydroxylation is 1. The molecule has 0 bridgehead atoms. The van der Waals surface area contributed by atoms with Crippen molar-refractivity contribution in [2.45, 2.75) is 26.3 Å². The van der Waals surface area contributed by atoms with E-state index in [4.69, 9.17) is 4.42 Å². The van der Waals surface area contributed by atoms with Crippen molar-refractivity contribution in [2.24, 2.45) is 5.92 Å². The van der Waals surface area contributed by atoms with Crippen molar-refractivity contribution in [2.75, 3.05) is 11.9 Å². The Morgan fingerprint density at radius 1 is 1.60 bits per heavy atom. The summed E-state index contributed by atoms with van der Waals surface area (Å²) in [6.07, 6.45) is 0.847. The van der Waals surface area contributed by atoms with Crippen LogP contribution in [0.25, 0.3) is 0 Å². The van der Waals surface area contributed by atoms with E-state index in [1.807, 2.05) is 6.92 Å². The lowest BCUT2D eigenvalue weighted by molar-refractivity contribution is -0.120. The lowest BCUT2D eigenvalue weighted by Crippen LogP contribution is -2.32. The molecule has 1 fully saturated rings. The number of carbonyl (C=O) groups is 1. The third-order valence-electron chi connectivity index (χ3n) is 2.62. The maximum Gasteiger partial charge on any atom is 0.322 e. The van der Waals surface area contributed by atoms with Gasteiger partial charge in [0.15, 0.2) is 0 Å². The zero-order valence-electron chi connectivity index (χ0n) is 8.78. The number of hydrogen-bond donors (Lipinski definition) is 2. The van der Waals surface area contributed by atoms with Crippen LogP contribution in [0.3, 0.4) is 0 Å². The van der Waals surface area contributed by atoms with Crippen LogP contribution in [0, 0.1) is 12.8 Å². The van der Waals surface area contributed by atoms with Gasteiger partial charge in [0.1, 0.15) is 0 Å². The number of carbonyl (C=O) groups excluding carboxylic acids is 1. The van der Waals surface area contributed by atoms with Gasteiger partial charge in [0, 0.05) is 13.0 Å². The van der Waals surface area contributed by atoms with Crippen LogP contribution >= 0.6 is 0 Å². The predicted octanol–water partition coefficient (Wildman–Crippen LogP) is 0.315. The van der Waals surface area contributed by atoms with Crippen molar-refractivity contribution in [3.63, 3.8) is 0 Å². The second-order valence-electron chi connectivity index (χ2n) is 3.75. The van der Waals surface area contributed by atoms with E-state index < -0.39 is 0 Å². The number of rotatable bonds is 2. The Bertz CT molecular complexity index is 363. The molecule has 15 heavy (non-hydrogen) atoms. The Balaban J connectivity index is 1.97. The lowest BCUT2D eigenvalue weighted by atomic mass is 10.0. The van der Waals surface area contributed by atoms with E-state index in [1.165, 1.54) is 0 Å². The fourth-order valence-electron chi connectivity index (χ4n) is 1.76. The smallest absolute Gasteiger partial charge is 0.322 e. The van der Waals surface area contributed by atoms with Crippen LogP contribution < -0.4 is 10.6 Å². The molecule has 1 aliphatic rings. The Morgan fingerprint density at radius 2 is 2.40 bits per heavy atom. The van der Waals surface area contributed by atoms with Gasteiger partial charge in [0.25, 0.3) is 0 Å². The molecule has 6 nitrogen and oxygen atoms in total. The van der Waals surface area contributed by atoms with E-state index in [9.17, 15) is 4.79 Å². The highest BCUT2D eigenvalue weighted by atomic mass is 16.4. The van der Waals surface area contributed by atoms with E-state index in [-0.39, 0.29) is 23.9 Å². The van der Waals surface area contributed by atoms with Gasteiger partial charge >= 0.3 is 6.01 Å². The predicted molar refractivity (Wildman–Crippen MR) is 53.2 cm³/mol. The molecule has 2 N–H and O–H groups in total. The quantitative estimate of drug-likeness (QED) is 0.734.